The smallest absolute Gasteiger partial charge is 0.410 e. The Hall–Kier alpha value is -1.17. The van der Waals surface area contributed by atoms with Gasteiger partial charge >= 0.3 is 6.09 Å². The topological polar surface area (TPSA) is 55.3 Å². The third-order valence-electron chi connectivity index (χ3n) is 2.86. The van der Waals surface area contributed by atoms with Gasteiger partial charge in [0.1, 0.15) is 10.2 Å². The lowest BCUT2D eigenvalue weighted by Crippen LogP contribution is -2.36. The van der Waals surface area contributed by atoms with Gasteiger partial charge in [-0.05, 0) is 49.5 Å². The first kappa shape index (κ1) is 14.2. The molecule has 1 amide bonds. The normalized spacial score (nSPS) is 19.6. The summed E-state index contributed by atoms with van der Waals surface area (Å²) in [5, 5.41) is 0. The number of likely N-dealkylation sites (tertiary alicyclic amines) is 1. The van der Waals surface area contributed by atoms with Gasteiger partial charge in [0.05, 0.1) is 24.1 Å². The molecule has 1 aromatic rings. The second kappa shape index (κ2) is 5.45. The summed E-state index contributed by atoms with van der Waals surface area (Å²) in [5.41, 5.74) is 0.335. The number of halogens is 1. The van der Waals surface area contributed by atoms with E-state index in [0.717, 1.165) is 18.5 Å². The van der Waals surface area contributed by atoms with Crippen molar-refractivity contribution in [2.45, 2.75) is 45.3 Å². The molecule has 1 aliphatic rings. The summed E-state index contributed by atoms with van der Waals surface area (Å²) in [6.07, 6.45) is 4.94. The van der Waals surface area contributed by atoms with E-state index in [2.05, 4.69) is 25.9 Å². The molecule has 2 rings (SSSR count). The van der Waals surface area contributed by atoms with Crippen molar-refractivity contribution >= 4 is 22.0 Å². The van der Waals surface area contributed by atoms with Crippen molar-refractivity contribution in [3.05, 3.63) is 22.7 Å². The van der Waals surface area contributed by atoms with Gasteiger partial charge in [-0.2, -0.15) is 0 Å². The third kappa shape index (κ3) is 3.65. The monoisotopic (exact) mass is 327 g/mol. The van der Waals surface area contributed by atoms with Gasteiger partial charge in [0.15, 0.2) is 0 Å². The van der Waals surface area contributed by atoms with Crippen molar-refractivity contribution in [1.29, 1.82) is 0 Å². The number of aromatic nitrogens is 2. The van der Waals surface area contributed by atoms with Gasteiger partial charge < -0.3 is 4.74 Å². The van der Waals surface area contributed by atoms with Crippen LogP contribution in [0.5, 0.6) is 0 Å². The Bertz CT molecular complexity index is 456. The summed E-state index contributed by atoms with van der Waals surface area (Å²) < 4.78 is 6.12. The Morgan fingerprint density at radius 1 is 1.42 bits per heavy atom. The van der Waals surface area contributed by atoms with Crippen LogP contribution in [0.15, 0.2) is 17.0 Å². The van der Waals surface area contributed by atoms with Crippen LogP contribution in [0, 0.1) is 0 Å². The second-order valence-corrected chi connectivity index (χ2v) is 6.41. The van der Waals surface area contributed by atoms with Gasteiger partial charge in [0.25, 0.3) is 0 Å². The Labute approximate surface area is 121 Å². The highest BCUT2D eigenvalue weighted by atomic mass is 79.9. The predicted molar refractivity (Wildman–Crippen MR) is 74.6 cm³/mol. The van der Waals surface area contributed by atoms with Crippen LogP contribution in [0.25, 0.3) is 0 Å². The van der Waals surface area contributed by atoms with E-state index in [1.807, 2.05) is 20.8 Å². The maximum atomic E-state index is 12.2. The number of hydrogen-bond acceptors (Lipinski definition) is 4. The molecule has 0 unspecified atom stereocenters. The highest BCUT2D eigenvalue weighted by molar-refractivity contribution is 9.10. The van der Waals surface area contributed by atoms with Crippen molar-refractivity contribution < 1.29 is 9.53 Å². The summed E-state index contributed by atoms with van der Waals surface area (Å²) >= 11 is 3.26. The zero-order valence-corrected chi connectivity index (χ0v) is 13.0. The van der Waals surface area contributed by atoms with Gasteiger partial charge in [0, 0.05) is 6.54 Å². The van der Waals surface area contributed by atoms with Crippen LogP contribution < -0.4 is 0 Å². The fourth-order valence-electron chi connectivity index (χ4n) is 2.11. The lowest BCUT2D eigenvalue weighted by molar-refractivity contribution is 0.0221. The number of hydrogen-bond donors (Lipinski definition) is 0. The zero-order chi connectivity index (χ0) is 14.0. The zero-order valence-electron chi connectivity index (χ0n) is 11.4. The molecule has 0 N–H and O–H groups in total. The molecule has 0 saturated carbocycles. The Morgan fingerprint density at radius 3 is 2.74 bits per heavy atom. The molecule has 0 radical (unpaired) electrons. The first-order valence-electron chi connectivity index (χ1n) is 6.34. The van der Waals surface area contributed by atoms with Crippen molar-refractivity contribution in [2.24, 2.45) is 0 Å². The minimum atomic E-state index is -0.477. The van der Waals surface area contributed by atoms with Crippen LogP contribution in [-0.2, 0) is 4.74 Å². The van der Waals surface area contributed by atoms with Gasteiger partial charge in [-0.15, -0.1) is 0 Å². The van der Waals surface area contributed by atoms with E-state index >= 15 is 0 Å². The van der Waals surface area contributed by atoms with Crippen LogP contribution >= 0.6 is 15.9 Å². The summed E-state index contributed by atoms with van der Waals surface area (Å²) in [7, 11) is 0. The third-order valence-corrected chi connectivity index (χ3v) is 3.27. The molecular weight excluding hydrogens is 310 g/mol. The number of rotatable bonds is 1. The van der Waals surface area contributed by atoms with E-state index in [0.29, 0.717) is 11.1 Å². The molecular formula is C13H18BrN3O2. The fourth-order valence-corrected chi connectivity index (χ4v) is 2.31. The Kier molecular flexibility index (Phi) is 4.08. The van der Waals surface area contributed by atoms with Gasteiger partial charge in [-0.25, -0.2) is 9.78 Å². The minimum absolute atomic E-state index is 0.0320. The summed E-state index contributed by atoms with van der Waals surface area (Å²) in [4.78, 5) is 22.4. The molecule has 1 fully saturated rings. The van der Waals surface area contributed by atoms with Crippen LogP contribution in [-0.4, -0.2) is 33.1 Å². The van der Waals surface area contributed by atoms with E-state index in [-0.39, 0.29) is 12.1 Å². The maximum Gasteiger partial charge on any atom is 0.410 e. The molecule has 0 bridgehead atoms. The average Bonchev–Trinajstić information content (AvgIpc) is 2.76. The van der Waals surface area contributed by atoms with Crippen molar-refractivity contribution in [3.63, 3.8) is 0 Å². The standard InChI is InChI=1S/C13H18BrN3O2/c1-13(2,3)19-12(18)17-6-4-5-10(17)9-7-16-11(14)8-15-9/h7-8,10H,4-6H2,1-3H3/t10-/m0/s1. The molecule has 1 atom stereocenters. The largest absolute Gasteiger partial charge is 0.444 e. The lowest BCUT2D eigenvalue weighted by atomic mass is 10.1. The molecule has 0 aliphatic carbocycles. The maximum absolute atomic E-state index is 12.2. The van der Waals surface area contributed by atoms with E-state index < -0.39 is 5.60 Å². The molecule has 0 aromatic carbocycles. The minimum Gasteiger partial charge on any atom is -0.444 e. The van der Waals surface area contributed by atoms with E-state index in [9.17, 15) is 4.79 Å². The molecule has 19 heavy (non-hydrogen) atoms. The first-order chi connectivity index (χ1) is 8.87. The SMILES string of the molecule is CC(C)(C)OC(=O)N1CCC[C@H]1c1cnc(Br)cn1. The first-order valence-corrected chi connectivity index (χ1v) is 7.13. The van der Waals surface area contributed by atoms with E-state index in [1.165, 1.54) is 0 Å². The van der Waals surface area contributed by atoms with Crippen LogP contribution in [0.2, 0.25) is 0 Å². The van der Waals surface area contributed by atoms with Crippen molar-refractivity contribution in [2.75, 3.05) is 6.54 Å². The molecule has 0 spiro atoms. The molecule has 2 heterocycles. The molecule has 5 nitrogen and oxygen atoms in total. The number of carbonyl (C=O) groups excluding carboxylic acids is 1. The van der Waals surface area contributed by atoms with Gasteiger partial charge in [-0.3, -0.25) is 9.88 Å². The number of nitrogens with zero attached hydrogens (tertiary/aromatic N) is 3. The molecule has 6 heteroatoms. The van der Waals surface area contributed by atoms with Gasteiger partial charge in [-0.1, -0.05) is 0 Å². The quantitative estimate of drug-likeness (QED) is 0.794. The van der Waals surface area contributed by atoms with Crippen LogP contribution in [0.4, 0.5) is 4.79 Å². The van der Waals surface area contributed by atoms with Gasteiger partial charge in [0.2, 0.25) is 0 Å². The van der Waals surface area contributed by atoms with Crippen molar-refractivity contribution in [3.8, 4) is 0 Å². The highest BCUT2D eigenvalue weighted by Crippen LogP contribution is 2.31. The van der Waals surface area contributed by atoms with E-state index in [1.54, 1.807) is 17.3 Å². The number of amides is 1. The molecule has 1 saturated heterocycles. The number of carbonyl (C=O) groups is 1. The lowest BCUT2D eigenvalue weighted by Gasteiger charge is -2.28. The van der Waals surface area contributed by atoms with Crippen LogP contribution in [0.3, 0.4) is 0 Å². The number of ether oxygens (including phenoxy) is 1. The predicted octanol–water partition coefficient (Wildman–Crippen LogP) is 3.31. The summed E-state index contributed by atoms with van der Waals surface area (Å²) in [5.74, 6) is 0. The fraction of sp³-hybridized carbons (Fsp3) is 0.615. The van der Waals surface area contributed by atoms with E-state index in [4.69, 9.17) is 4.74 Å². The second-order valence-electron chi connectivity index (χ2n) is 5.60. The Balaban J connectivity index is 2.12. The molecule has 1 aliphatic heterocycles. The summed E-state index contributed by atoms with van der Waals surface area (Å²) in [6.45, 7) is 6.32. The Morgan fingerprint density at radius 2 is 2.16 bits per heavy atom. The molecule has 1 aromatic heterocycles. The molecule has 104 valence electrons. The highest BCUT2D eigenvalue weighted by Gasteiger charge is 2.33. The average molecular weight is 328 g/mol. The summed E-state index contributed by atoms with van der Waals surface area (Å²) in [6, 6.07) is -0.0320. The van der Waals surface area contributed by atoms with Crippen molar-refractivity contribution in [1.82, 2.24) is 14.9 Å². The van der Waals surface area contributed by atoms with Crippen LogP contribution in [0.1, 0.15) is 45.3 Å².